The molecular weight excluding hydrogens is 310 g/mol. The minimum atomic E-state index is -0.924. The molecular formula is C18H24ClN3O. The van der Waals surface area contributed by atoms with Crippen LogP contribution in [0.4, 0.5) is 0 Å². The van der Waals surface area contributed by atoms with E-state index in [-0.39, 0.29) is 24.4 Å². The van der Waals surface area contributed by atoms with E-state index in [4.69, 9.17) is 5.73 Å². The lowest BCUT2D eigenvalue weighted by Gasteiger charge is -2.35. The molecule has 5 heteroatoms. The zero-order valence-corrected chi connectivity index (χ0v) is 14.6. The van der Waals surface area contributed by atoms with Crippen molar-refractivity contribution in [2.24, 2.45) is 5.73 Å². The number of nitrogens with two attached hydrogens (primary N) is 1. The van der Waals surface area contributed by atoms with Crippen LogP contribution in [-0.2, 0) is 10.2 Å². The highest BCUT2D eigenvalue weighted by molar-refractivity contribution is 5.90. The Labute approximate surface area is 144 Å². The molecule has 4 nitrogen and oxygen atoms in total. The molecule has 0 aliphatic carbocycles. The normalized spacial score (nSPS) is 14.6. The average molecular weight is 334 g/mol. The zero-order valence-electron chi connectivity index (χ0n) is 13.8. The highest BCUT2D eigenvalue weighted by atomic mass is 35.5. The fourth-order valence-electron chi connectivity index (χ4n) is 2.70. The van der Waals surface area contributed by atoms with Crippen LogP contribution >= 0.6 is 12.4 Å². The SMILES string of the molecule is C[C@H](C[C@@](C(N)=O)(c1ccccc1)c1ccccn1)N(C)C.Cl. The van der Waals surface area contributed by atoms with Crippen LogP contribution in [0.15, 0.2) is 54.7 Å². The number of amides is 1. The fourth-order valence-corrected chi connectivity index (χ4v) is 2.70. The van der Waals surface area contributed by atoms with Crippen molar-refractivity contribution in [3.8, 4) is 0 Å². The number of primary amides is 1. The molecule has 1 heterocycles. The first-order chi connectivity index (χ1) is 10.5. The number of carbonyl (C=O) groups excluding carboxylic acids is 1. The van der Waals surface area contributed by atoms with E-state index in [9.17, 15) is 4.79 Å². The molecule has 0 unspecified atom stereocenters. The van der Waals surface area contributed by atoms with Crippen LogP contribution in [0, 0.1) is 0 Å². The van der Waals surface area contributed by atoms with Gasteiger partial charge in [0.05, 0.1) is 5.69 Å². The Morgan fingerprint density at radius 1 is 1.17 bits per heavy atom. The van der Waals surface area contributed by atoms with E-state index in [1.165, 1.54) is 0 Å². The summed E-state index contributed by atoms with van der Waals surface area (Å²) in [6, 6.07) is 15.5. The summed E-state index contributed by atoms with van der Waals surface area (Å²) in [6.07, 6.45) is 2.28. The van der Waals surface area contributed by atoms with E-state index in [0.717, 1.165) is 5.56 Å². The summed E-state index contributed by atoms with van der Waals surface area (Å²) in [5.41, 5.74) is 6.54. The van der Waals surface area contributed by atoms with Crippen molar-refractivity contribution in [3.63, 3.8) is 0 Å². The number of aromatic nitrogens is 1. The number of rotatable bonds is 6. The van der Waals surface area contributed by atoms with Crippen molar-refractivity contribution < 1.29 is 4.79 Å². The summed E-state index contributed by atoms with van der Waals surface area (Å²) >= 11 is 0. The molecule has 1 amide bonds. The summed E-state index contributed by atoms with van der Waals surface area (Å²) in [4.78, 5) is 19.1. The molecule has 0 radical (unpaired) electrons. The average Bonchev–Trinajstić information content (AvgIpc) is 2.53. The maximum Gasteiger partial charge on any atom is 0.234 e. The van der Waals surface area contributed by atoms with Crippen LogP contribution in [0.2, 0.25) is 0 Å². The topological polar surface area (TPSA) is 59.2 Å². The van der Waals surface area contributed by atoms with E-state index >= 15 is 0 Å². The summed E-state index contributed by atoms with van der Waals surface area (Å²) in [5.74, 6) is -0.369. The molecule has 1 aromatic heterocycles. The molecule has 0 spiro atoms. The minimum absolute atomic E-state index is 0. The molecule has 2 rings (SSSR count). The molecule has 0 aliphatic rings. The molecule has 1 aromatic carbocycles. The van der Waals surface area contributed by atoms with Gasteiger partial charge in [0.1, 0.15) is 5.41 Å². The molecule has 23 heavy (non-hydrogen) atoms. The van der Waals surface area contributed by atoms with Gasteiger partial charge in [0, 0.05) is 12.2 Å². The number of hydrogen-bond acceptors (Lipinski definition) is 3. The number of hydrogen-bond donors (Lipinski definition) is 1. The number of pyridine rings is 1. The second kappa shape index (κ2) is 8.09. The molecule has 0 saturated carbocycles. The Balaban J connectivity index is 0.00000264. The second-order valence-corrected chi connectivity index (χ2v) is 5.87. The highest BCUT2D eigenvalue weighted by Gasteiger charge is 2.43. The third-order valence-electron chi connectivity index (χ3n) is 4.27. The number of nitrogens with zero attached hydrogens (tertiary/aromatic N) is 2. The number of benzene rings is 1. The van der Waals surface area contributed by atoms with E-state index < -0.39 is 5.41 Å². The number of halogens is 1. The van der Waals surface area contributed by atoms with Crippen LogP contribution in [0.5, 0.6) is 0 Å². The summed E-state index contributed by atoms with van der Waals surface area (Å²) in [5, 5.41) is 0. The molecule has 124 valence electrons. The van der Waals surface area contributed by atoms with Gasteiger partial charge in [-0.05, 0) is 45.1 Å². The summed E-state index contributed by atoms with van der Waals surface area (Å²) in [6.45, 7) is 2.09. The van der Waals surface area contributed by atoms with E-state index in [2.05, 4.69) is 16.8 Å². The molecule has 2 aromatic rings. The highest BCUT2D eigenvalue weighted by Crippen LogP contribution is 2.36. The molecule has 0 aliphatic heterocycles. The third-order valence-corrected chi connectivity index (χ3v) is 4.27. The van der Waals surface area contributed by atoms with Crippen LogP contribution < -0.4 is 5.73 Å². The van der Waals surface area contributed by atoms with E-state index in [1.54, 1.807) is 6.20 Å². The molecule has 2 N–H and O–H groups in total. The smallest absolute Gasteiger partial charge is 0.234 e. The van der Waals surface area contributed by atoms with Crippen molar-refractivity contribution in [2.45, 2.75) is 24.8 Å². The second-order valence-electron chi connectivity index (χ2n) is 5.87. The van der Waals surface area contributed by atoms with Crippen molar-refractivity contribution in [2.75, 3.05) is 14.1 Å². The van der Waals surface area contributed by atoms with Gasteiger partial charge in [0.15, 0.2) is 0 Å². The van der Waals surface area contributed by atoms with Gasteiger partial charge in [0.25, 0.3) is 0 Å². The lowest BCUT2D eigenvalue weighted by atomic mass is 9.72. The Morgan fingerprint density at radius 3 is 2.26 bits per heavy atom. The van der Waals surface area contributed by atoms with Gasteiger partial charge in [-0.3, -0.25) is 9.78 Å². The maximum absolute atomic E-state index is 12.5. The van der Waals surface area contributed by atoms with Crippen molar-refractivity contribution in [3.05, 3.63) is 66.0 Å². The Kier molecular flexibility index (Phi) is 6.73. The molecule has 2 atom stereocenters. The predicted octanol–water partition coefficient (Wildman–Crippen LogP) is 2.62. The van der Waals surface area contributed by atoms with Gasteiger partial charge in [-0.1, -0.05) is 36.4 Å². The summed E-state index contributed by atoms with van der Waals surface area (Å²) in [7, 11) is 4.00. The van der Waals surface area contributed by atoms with E-state index in [1.807, 2.05) is 62.6 Å². The number of carbonyl (C=O) groups is 1. The fraction of sp³-hybridized carbons (Fsp3) is 0.333. The first-order valence-electron chi connectivity index (χ1n) is 7.42. The first kappa shape index (κ1) is 19.1. The first-order valence-corrected chi connectivity index (χ1v) is 7.42. The van der Waals surface area contributed by atoms with Gasteiger partial charge >= 0.3 is 0 Å². The third kappa shape index (κ3) is 3.89. The largest absolute Gasteiger partial charge is 0.369 e. The molecule has 0 saturated heterocycles. The lowest BCUT2D eigenvalue weighted by molar-refractivity contribution is -0.122. The summed E-state index contributed by atoms with van der Waals surface area (Å²) < 4.78 is 0. The van der Waals surface area contributed by atoms with E-state index in [0.29, 0.717) is 12.1 Å². The maximum atomic E-state index is 12.5. The molecule has 0 fully saturated rings. The van der Waals surface area contributed by atoms with Gasteiger partial charge < -0.3 is 10.6 Å². The van der Waals surface area contributed by atoms with Crippen molar-refractivity contribution >= 4 is 18.3 Å². The predicted molar refractivity (Wildman–Crippen MR) is 95.7 cm³/mol. The van der Waals surface area contributed by atoms with Crippen LogP contribution in [-0.4, -0.2) is 35.9 Å². The van der Waals surface area contributed by atoms with Gasteiger partial charge in [-0.2, -0.15) is 0 Å². The zero-order chi connectivity index (χ0) is 16.2. The quantitative estimate of drug-likeness (QED) is 0.884. The van der Waals surface area contributed by atoms with Gasteiger partial charge in [-0.15, -0.1) is 12.4 Å². The Morgan fingerprint density at radius 2 is 1.78 bits per heavy atom. The Bertz CT molecular complexity index is 577. The van der Waals surface area contributed by atoms with Gasteiger partial charge in [-0.25, -0.2) is 0 Å². The monoisotopic (exact) mass is 333 g/mol. The van der Waals surface area contributed by atoms with Crippen molar-refractivity contribution in [1.82, 2.24) is 9.88 Å². The lowest BCUT2D eigenvalue weighted by Crippen LogP contribution is -2.47. The molecule has 0 bridgehead atoms. The van der Waals surface area contributed by atoms with Crippen LogP contribution in [0.1, 0.15) is 24.6 Å². The standard InChI is InChI=1S/C18H23N3O.ClH/c1-14(21(2)3)13-18(17(19)22,15-9-5-4-6-10-15)16-11-7-8-12-20-16;/h4-12,14H,13H2,1-3H3,(H2,19,22);1H/t14-,18-;/m1./s1. The van der Waals surface area contributed by atoms with Crippen LogP contribution in [0.25, 0.3) is 0 Å². The van der Waals surface area contributed by atoms with Gasteiger partial charge in [0.2, 0.25) is 5.91 Å². The minimum Gasteiger partial charge on any atom is -0.369 e. The van der Waals surface area contributed by atoms with Crippen molar-refractivity contribution in [1.29, 1.82) is 0 Å². The van der Waals surface area contributed by atoms with Crippen LogP contribution in [0.3, 0.4) is 0 Å². The Hall–Kier alpha value is -1.91.